The van der Waals surface area contributed by atoms with Crippen LogP contribution in [-0.2, 0) is 23.9 Å². The molecule has 0 unspecified atom stereocenters. The number of hydrogen-bond acceptors (Lipinski definition) is 5. The molecule has 6 nitrogen and oxygen atoms in total. The van der Waals surface area contributed by atoms with Gasteiger partial charge in [-0.2, -0.15) is 0 Å². The molecule has 0 aromatic carbocycles. The van der Waals surface area contributed by atoms with Gasteiger partial charge in [-0.25, -0.2) is 9.59 Å². The zero-order valence-corrected chi connectivity index (χ0v) is 10.7. The van der Waals surface area contributed by atoms with Crippen LogP contribution in [0.2, 0.25) is 0 Å². The van der Waals surface area contributed by atoms with Gasteiger partial charge in [-0.15, -0.1) is 0 Å². The number of nitrogens with zero attached hydrogens (tertiary/aromatic N) is 1. The predicted molar refractivity (Wildman–Crippen MR) is 69.1 cm³/mol. The smallest absolute Gasteiger partial charge is 0.330 e. The number of carbonyl (C=O) groups is 3. The second-order valence-corrected chi connectivity index (χ2v) is 3.27. The van der Waals surface area contributed by atoms with Gasteiger partial charge in [-0.1, -0.05) is 19.7 Å². The minimum Gasteiger partial charge on any atom is -0.461 e. The van der Waals surface area contributed by atoms with Gasteiger partial charge >= 0.3 is 11.9 Å². The summed E-state index contributed by atoms with van der Waals surface area (Å²) in [5, 5.41) is 0. The zero-order chi connectivity index (χ0) is 14.7. The molecule has 19 heavy (non-hydrogen) atoms. The molecule has 0 spiro atoms. The van der Waals surface area contributed by atoms with Gasteiger partial charge in [0.25, 0.3) is 0 Å². The highest BCUT2D eigenvalue weighted by Crippen LogP contribution is 1.94. The first kappa shape index (κ1) is 16.6. The third-order valence-corrected chi connectivity index (χ3v) is 2.03. The first-order chi connectivity index (χ1) is 9.04. The molecular weight excluding hydrogens is 250 g/mol. The summed E-state index contributed by atoms with van der Waals surface area (Å²) < 4.78 is 9.51. The van der Waals surface area contributed by atoms with E-state index in [1.165, 1.54) is 4.90 Å². The predicted octanol–water partition coefficient (Wildman–Crippen LogP) is 0.459. The molecule has 0 bridgehead atoms. The van der Waals surface area contributed by atoms with E-state index < -0.39 is 11.9 Å². The maximum atomic E-state index is 11.5. The fraction of sp³-hybridized carbons (Fsp3) is 0.308. The van der Waals surface area contributed by atoms with Crippen LogP contribution in [0.4, 0.5) is 0 Å². The summed E-state index contributed by atoms with van der Waals surface area (Å²) in [5.74, 6) is -1.47. The van der Waals surface area contributed by atoms with Crippen molar-refractivity contribution in [2.24, 2.45) is 0 Å². The molecule has 0 aliphatic heterocycles. The third-order valence-electron chi connectivity index (χ3n) is 2.03. The number of ether oxygens (including phenoxy) is 2. The van der Waals surface area contributed by atoms with Crippen molar-refractivity contribution >= 4 is 17.8 Å². The SMILES string of the molecule is C=CC(=O)OCCN(CCOC(=O)C=C)C(=O)C=C. The van der Waals surface area contributed by atoms with E-state index in [0.29, 0.717) is 0 Å². The van der Waals surface area contributed by atoms with Crippen LogP contribution in [0.1, 0.15) is 0 Å². The molecule has 0 radical (unpaired) electrons. The van der Waals surface area contributed by atoms with E-state index >= 15 is 0 Å². The lowest BCUT2D eigenvalue weighted by atomic mass is 10.4. The number of carbonyl (C=O) groups excluding carboxylic acids is 3. The largest absolute Gasteiger partial charge is 0.461 e. The van der Waals surface area contributed by atoms with Crippen molar-refractivity contribution in [3.8, 4) is 0 Å². The van der Waals surface area contributed by atoms with Gasteiger partial charge in [-0.05, 0) is 6.08 Å². The average Bonchev–Trinajstić information content (AvgIpc) is 2.44. The minimum atomic E-state index is -0.566. The van der Waals surface area contributed by atoms with Crippen molar-refractivity contribution in [1.29, 1.82) is 0 Å². The van der Waals surface area contributed by atoms with Crippen LogP contribution in [0.15, 0.2) is 38.0 Å². The van der Waals surface area contributed by atoms with E-state index in [1.54, 1.807) is 0 Å². The van der Waals surface area contributed by atoms with Crippen LogP contribution < -0.4 is 0 Å². The summed E-state index contributed by atoms with van der Waals surface area (Å²) in [7, 11) is 0. The molecule has 0 aromatic rings. The topological polar surface area (TPSA) is 72.9 Å². The lowest BCUT2D eigenvalue weighted by Crippen LogP contribution is -2.36. The molecule has 0 rings (SSSR count). The Kier molecular flexibility index (Phi) is 8.44. The van der Waals surface area contributed by atoms with Crippen LogP contribution in [0.5, 0.6) is 0 Å². The third kappa shape index (κ3) is 7.54. The van der Waals surface area contributed by atoms with E-state index in [4.69, 9.17) is 9.47 Å². The van der Waals surface area contributed by atoms with Gasteiger partial charge in [-0.3, -0.25) is 4.79 Å². The molecule has 0 aliphatic carbocycles. The van der Waals surface area contributed by atoms with Gasteiger partial charge in [0.2, 0.25) is 5.91 Å². The van der Waals surface area contributed by atoms with Gasteiger partial charge < -0.3 is 14.4 Å². The van der Waals surface area contributed by atoms with Crippen LogP contribution >= 0.6 is 0 Å². The monoisotopic (exact) mass is 267 g/mol. The van der Waals surface area contributed by atoms with Crippen molar-refractivity contribution in [2.45, 2.75) is 0 Å². The normalized spacial score (nSPS) is 9.05. The molecular formula is C13H17NO5. The van der Waals surface area contributed by atoms with Gasteiger partial charge in [0.15, 0.2) is 0 Å². The van der Waals surface area contributed by atoms with Crippen LogP contribution in [0, 0.1) is 0 Å². The molecule has 0 atom stereocenters. The Morgan fingerprint density at radius 2 is 1.26 bits per heavy atom. The standard InChI is InChI=1S/C13H17NO5/c1-4-11(15)14(7-9-18-12(16)5-2)8-10-19-13(17)6-3/h4-6H,1-3,7-10H2. The molecule has 104 valence electrons. The van der Waals surface area contributed by atoms with E-state index in [2.05, 4.69) is 19.7 Å². The lowest BCUT2D eigenvalue weighted by Gasteiger charge is -2.20. The second-order valence-electron chi connectivity index (χ2n) is 3.27. The van der Waals surface area contributed by atoms with Crippen molar-refractivity contribution in [1.82, 2.24) is 4.90 Å². The summed E-state index contributed by atoms with van der Waals surface area (Å²) in [6.45, 7) is 10.3. The first-order valence-electron chi connectivity index (χ1n) is 5.54. The highest BCUT2D eigenvalue weighted by molar-refractivity contribution is 5.87. The number of amides is 1. The molecule has 0 heterocycles. The summed E-state index contributed by atoms with van der Waals surface area (Å²) in [6, 6.07) is 0. The van der Waals surface area contributed by atoms with Crippen molar-refractivity contribution < 1.29 is 23.9 Å². The zero-order valence-electron chi connectivity index (χ0n) is 10.7. The van der Waals surface area contributed by atoms with Crippen LogP contribution in [0.3, 0.4) is 0 Å². The quantitative estimate of drug-likeness (QED) is 0.448. The number of esters is 2. The lowest BCUT2D eigenvalue weighted by molar-refractivity contribution is -0.141. The Bertz CT molecular complexity index is 349. The summed E-state index contributed by atoms with van der Waals surface area (Å²) in [6.07, 6.45) is 3.20. The van der Waals surface area contributed by atoms with Crippen molar-refractivity contribution in [3.63, 3.8) is 0 Å². The maximum absolute atomic E-state index is 11.5. The fourth-order valence-corrected chi connectivity index (χ4v) is 1.09. The van der Waals surface area contributed by atoms with Crippen molar-refractivity contribution in [3.05, 3.63) is 38.0 Å². The van der Waals surface area contributed by atoms with Crippen LogP contribution in [0.25, 0.3) is 0 Å². The van der Waals surface area contributed by atoms with Gasteiger partial charge in [0.1, 0.15) is 13.2 Å². The number of rotatable bonds is 9. The van der Waals surface area contributed by atoms with E-state index in [1.807, 2.05) is 0 Å². The van der Waals surface area contributed by atoms with E-state index in [9.17, 15) is 14.4 Å². The average molecular weight is 267 g/mol. The molecule has 0 aromatic heterocycles. The Labute approximate surface area is 112 Å². The Morgan fingerprint density at radius 1 is 0.842 bits per heavy atom. The van der Waals surface area contributed by atoms with Crippen LogP contribution in [-0.4, -0.2) is 49.0 Å². The summed E-state index contributed by atoms with van der Waals surface area (Å²) >= 11 is 0. The Balaban J connectivity index is 4.16. The summed E-state index contributed by atoms with van der Waals surface area (Å²) in [4.78, 5) is 34.5. The molecule has 0 fully saturated rings. The Hall–Kier alpha value is -2.37. The Morgan fingerprint density at radius 3 is 1.58 bits per heavy atom. The maximum Gasteiger partial charge on any atom is 0.330 e. The molecule has 1 amide bonds. The molecule has 0 N–H and O–H groups in total. The molecule has 0 saturated heterocycles. The molecule has 0 saturated carbocycles. The number of hydrogen-bond donors (Lipinski definition) is 0. The minimum absolute atomic E-state index is 0.0276. The van der Waals surface area contributed by atoms with Gasteiger partial charge in [0.05, 0.1) is 13.1 Å². The fourth-order valence-electron chi connectivity index (χ4n) is 1.09. The highest BCUT2D eigenvalue weighted by Gasteiger charge is 2.11. The second kappa shape index (κ2) is 9.64. The summed E-state index contributed by atoms with van der Waals surface area (Å²) in [5.41, 5.74) is 0. The van der Waals surface area contributed by atoms with E-state index in [-0.39, 0.29) is 32.2 Å². The van der Waals surface area contributed by atoms with Crippen molar-refractivity contribution in [2.75, 3.05) is 26.3 Å². The molecule has 0 aliphatic rings. The van der Waals surface area contributed by atoms with Gasteiger partial charge in [0, 0.05) is 12.2 Å². The highest BCUT2D eigenvalue weighted by atomic mass is 16.5. The van der Waals surface area contributed by atoms with E-state index in [0.717, 1.165) is 18.2 Å². The molecule has 6 heteroatoms. The first-order valence-corrected chi connectivity index (χ1v) is 5.54.